The molecule has 203 valence electrons. The minimum Gasteiger partial charge on any atom is -0.540 e. The van der Waals surface area contributed by atoms with Crippen molar-refractivity contribution in [3.8, 4) is 5.75 Å². The molecule has 0 saturated heterocycles. The Hall–Kier alpha value is -2.01. The molecule has 2 aromatic rings. The van der Waals surface area contributed by atoms with Crippen LogP contribution >= 0.6 is 0 Å². The van der Waals surface area contributed by atoms with Crippen LogP contribution in [0.5, 0.6) is 5.75 Å². The van der Waals surface area contributed by atoms with E-state index in [-0.39, 0.29) is 5.54 Å². The average molecular weight is 558 g/mol. The molecule has 1 aliphatic rings. The molecule has 1 aliphatic carbocycles. The number of benzene rings is 2. The highest BCUT2D eigenvalue weighted by Gasteiger charge is 2.50. The molecule has 0 amide bonds. The van der Waals surface area contributed by atoms with E-state index in [1.54, 1.807) is 0 Å². The first kappa shape index (κ1) is 29.5. The van der Waals surface area contributed by atoms with Gasteiger partial charge in [0.15, 0.2) is 17.4 Å². The summed E-state index contributed by atoms with van der Waals surface area (Å²) in [6.45, 7) is 10.4. The third kappa shape index (κ3) is 5.72. The lowest BCUT2D eigenvalue weighted by molar-refractivity contribution is 0.0440. The van der Waals surface area contributed by atoms with E-state index in [1.807, 2.05) is 44.2 Å². The van der Waals surface area contributed by atoms with Crippen molar-refractivity contribution in [3.63, 3.8) is 0 Å². The summed E-state index contributed by atoms with van der Waals surface area (Å²) in [7, 11) is -4.70. The van der Waals surface area contributed by atoms with Crippen LogP contribution in [-0.4, -0.2) is 16.4 Å². The average Bonchev–Trinajstić information content (AvgIpc) is 3.11. The Morgan fingerprint density at radius 2 is 1.46 bits per heavy atom. The number of fused-ring (bicyclic) bond motifs is 1. The van der Waals surface area contributed by atoms with Crippen molar-refractivity contribution < 1.29 is 30.8 Å². The van der Waals surface area contributed by atoms with Gasteiger partial charge in [-0.2, -0.15) is 13.2 Å². The first-order valence-electron chi connectivity index (χ1n) is 13.0. The molecular formula is C28H35F6OSi2. The molecule has 0 saturated carbocycles. The largest absolute Gasteiger partial charge is 0.540 e. The van der Waals surface area contributed by atoms with E-state index >= 15 is 4.39 Å². The Bertz CT molecular complexity index is 1120. The Morgan fingerprint density at radius 1 is 0.865 bits per heavy atom. The molecule has 0 N–H and O–H groups in total. The van der Waals surface area contributed by atoms with Crippen LogP contribution in [-0.2, 0) is 12.0 Å². The highest BCUT2D eigenvalue weighted by molar-refractivity contribution is 6.80. The zero-order chi connectivity index (χ0) is 27.6. The summed E-state index contributed by atoms with van der Waals surface area (Å²) in [5.74, 6) is -12.8. The summed E-state index contributed by atoms with van der Waals surface area (Å²) in [6, 6.07) is 14.5. The predicted molar refractivity (Wildman–Crippen MR) is 141 cm³/mol. The number of hydrogen-bond acceptors (Lipinski definition) is 1. The smallest absolute Gasteiger partial charge is 0.306 e. The van der Waals surface area contributed by atoms with Crippen molar-refractivity contribution in [2.45, 2.75) is 88.8 Å². The van der Waals surface area contributed by atoms with Crippen LogP contribution in [0.3, 0.4) is 0 Å². The number of hydrogen-bond donors (Lipinski definition) is 0. The summed E-state index contributed by atoms with van der Waals surface area (Å²) in [4.78, 5) is 0. The molecule has 1 unspecified atom stereocenters. The predicted octanol–water partition coefficient (Wildman–Crippen LogP) is 9.74. The van der Waals surface area contributed by atoms with E-state index < -0.39 is 62.5 Å². The van der Waals surface area contributed by atoms with E-state index in [4.69, 9.17) is 4.43 Å². The second kappa shape index (κ2) is 11.4. The minimum absolute atomic E-state index is 0.186. The van der Waals surface area contributed by atoms with Crippen molar-refractivity contribution in [1.82, 2.24) is 0 Å². The highest BCUT2D eigenvalue weighted by Crippen LogP contribution is 2.51. The monoisotopic (exact) mass is 557 g/mol. The number of rotatable bonds is 12. The first-order chi connectivity index (χ1) is 17.4. The van der Waals surface area contributed by atoms with E-state index in [9.17, 15) is 22.0 Å². The van der Waals surface area contributed by atoms with E-state index in [0.717, 1.165) is 36.2 Å². The van der Waals surface area contributed by atoms with Gasteiger partial charge in [0.05, 0.1) is 25.3 Å². The Kier molecular flexibility index (Phi) is 9.10. The quantitative estimate of drug-likeness (QED) is 0.143. The van der Waals surface area contributed by atoms with Crippen molar-refractivity contribution in [2.75, 3.05) is 0 Å². The number of allylic oxidation sites excluding steroid dienone is 1. The maximum Gasteiger partial charge on any atom is 0.306 e. The molecule has 1 radical (unpaired) electrons. The van der Waals surface area contributed by atoms with E-state index in [0.29, 0.717) is 12.1 Å². The summed E-state index contributed by atoms with van der Waals surface area (Å²) in [6.07, 6.45) is 1.99. The SMILES string of the molecule is CC[Si](CC)(CC)CCC[Si](Cc1ccccc1)(Oc1c(F)c(F)c(F)c2c1C(F)(F)[C]=C2F)C(C)C. The Labute approximate surface area is 218 Å². The van der Waals surface area contributed by atoms with Crippen molar-refractivity contribution in [3.05, 3.63) is 70.5 Å². The van der Waals surface area contributed by atoms with Gasteiger partial charge in [0.2, 0.25) is 5.82 Å². The van der Waals surface area contributed by atoms with Crippen molar-refractivity contribution in [2.24, 2.45) is 0 Å². The molecule has 1 nitrogen and oxygen atoms in total. The Morgan fingerprint density at radius 3 is 2.00 bits per heavy atom. The molecule has 0 heterocycles. The Balaban J connectivity index is 2.13. The van der Waals surface area contributed by atoms with Crippen molar-refractivity contribution in [1.29, 1.82) is 0 Å². The fourth-order valence-electron chi connectivity index (χ4n) is 5.48. The molecule has 3 rings (SSSR count). The molecule has 37 heavy (non-hydrogen) atoms. The van der Waals surface area contributed by atoms with Crippen LogP contribution in [0.4, 0.5) is 26.3 Å². The van der Waals surface area contributed by atoms with E-state index in [1.165, 1.54) is 6.08 Å². The van der Waals surface area contributed by atoms with Gasteiger partial charge in [0.1, 0.15) is 5.83 Å². The van der Waals surface area contributed by atoms with Gasteiger partial charge in [-0.25, -0.2) is 13.2 Å². The van der Waals surface area contributed by atoms with Crippen LogP contribution in [0.25, 0.3) is 5.83 Å². The molecular weight excluding hydrogens is 522 g/mol. The minimum atomic E-state index is -4.15. The third-order valence-corrected chi connectivity index (χ3v) is 19.2. The molecule has 0 spiro atoms. The number of alkyl halides is 2. The fourth-order valence-corrected chi connectivity index (χ4v) is 13.2. The maximum absolute atomic E-state index is 15.2. The molecule has 0 bridgehead atoms. The van der Waals surface area contributed by atoms with Gasteiger partial charge >= 0.3 is 5.92 Å². The standard InChI is InChI=1S/C28H35F6OSi2/c1-6-36(7-2,8-3)15-12-16-37(19(4)5,18-20-13-10-9-11-14-20)35-27-23-22(21(29)17-28(23,33)34)24(30)25(31)26(27)32/h9-11,13-14,19H,6-8,12,15-16,18H2,1-5H3. The molecule has 0 aliphatic heterocycles. The normalized spacial score (nSPS) is 16.5. The van der Waals surface area contributed by atoms with Crippen LogP contribution in [0.2, 0.25) is 35.8 Å². The second-order valence-electron chi connectivity index (χ2n) is 10.4. The van der Waals surface area contributed by atoms with Gasteiger partial charge in [0.25, 0.3) is 8.32 Å². The lowest BCUT2D eigenvalue weighted by Gasteiger charge is -2.38. The third-order valence-electron chi connectivity index (χ3n) is 8.34. The van der Waals surface area contributed by atoms with E-state index in [2.05, 4.69) is 20.8 Å². The van der Waals surface area contributed by atoms with Gasteiger partial charge in [-0.3, -0.25) is 0 Å². The van der Waals surface area contributed by atoms with Gasteiger partial charge in [-0.15, -0.1) is 0 Å². The van der Waals surface area contributed by atoms with Crippen LogP contribution < -0.4 is 4.43 Å². The molecule has 2 aromatic carbocycles. The zero-order valence-electron chi connectivity index (χ0n) is 22.1. The highest BCUT2D eigenvalue weighted by atomic mass is 28.4. The van der Waals surface area contributed by atoms with Gasteiger partial charge < -0.3 is 4.43 Å². The fraction of sp³-hybridized carbons (Fsp3) is 0.500. The van der Waals surface area contributed by atoms with Crippen LogP contribution in [0, 0.1) is 23.5 Å². The van der Waals surface area contributed by atoms with Gasteiger partial charge in [-0.05, 0) is 17.1 Å². The lowest BCUT2D eigenvalue weighted by atomic mass is 10.0. The lowest BCUT2D eigenvalue weighted by Crippen LogP contribution is -2.49. The van der Waals surface area contributed by atoms with Crippen LogP contribution in [0.1, 0.15) is 57.7 Å². The summed E-state index contributed by atoms with van der Waals surface area (Å²) >= 11 is 0. The first-order valence-corrected chi connectivity index (χ1v) is 18.2. The second-order valence-corrected chi connectivity index (χ2v) is 20.4. The molecule has 1 atom stereocenters. The molecule has 0 fully saturated rings. The molecule has 9 heteroatoms. The molecule has 0 aromatic heterocycles. The zero-order valence-corrected chi connectivity index (χ0v) is 24.1. The van der Waals surface area contributed by atoms with Crippen LogP contribution in [0.15, 0.2) is 30.3 Å². The maximum atomic E-state index is 15.2. The topological polar surface area (TPSA) is 9.23 Å². The number of halogens is 6. The van der Waals surface area contributed by atoms with Gasteiger partial charge in [0, 0.05) is 6.04 Å². The summed E-state index contributed by atoms with van der Waals surface area (Å²) < 4.78 is 94.4. The summed E-state index contributed by atoms with van der Waals surface area (Å²) in [5.41, 5.74) is -1.92. The summed E-state index contributed by atoms with van der Waals surface area (Å²) in [5, 5.41) is 0. The van der Waals surface area contributed by atoms with Crippen molar-refractivity contribution >= 4 is 22.2 Å². The van der Waals surface area contributed by atoms with Gasteiger partial charge in [-0.1, -0.05) is 95.5 Å².